The van der Waals surface area contributed by atoms with Crippen LogP contribution in [0.25, 0.3) is 0 Å². The molecule has 5 heteroatoms. The van der Waals surface area contributed by atoms with Crippen molar-refractivity contribution in [1.29, 1.82) is 0 Å². The van der Waals surface area contributed by atoms with Crippen LogP contribution in [0, 0.1) is 5.92 Å². The molecule has 0 saturated carbocycles. The van der Waals surface area contributed by atoms with E-state index in [0.717, 1.165) is 25.9 Å². The third-order valence-corrected chi connectivity index (χ3v) is 3.76. The number of likely N-dealkylation sites (tertiary alicyclic amines) is 1. The number of rotatable bonds is 2. The van der Waals surface area contributed by atoms with E-state index in [9.17, 15) is 9.59 Å². The number of hydrogen-bond acceptors (Lipinski definition) is 3. The zero-order valence-electron chi connectivity index (χ0n) is 13.8. The number of pyridine rings is 1. The molecule has 5 nitrogen and oxygen atoms in total. The number of piperidine rings is 1. The Balaban J connectivity index is 2.11. The van der Waals surface area contributed by atoms with Crippen LogP contribution >= 0.6 is 0 Å². The molecular formula is C17H25N3O2. The molecule has 0 bridgehead atoms. The van der Waals surface area contributed by atoms with E-state index in [2.05, 4.69) is 17.2 Å². The molecule has 2 amide bonds. The Hall–Kier alpha value is -1.91. The number of hydrogen-bond donors (Lipinski definition) is 1. The van der Waals surface area contributed by atoms with Crippen LogP contribution in [-0.2, 0) is 0 Å². The minimum atomic E-state index is -0.332. The number of nitrogens with one attached hydrogen (secondary N) is 1. The van der Waals surface area contributed by atoms with Crippen LogP contribution in [-0.4, -0.2) is 40.3 Å². The molecule has 2 heterocycles. The molecule has 1 aliphatic heterocycles. The van der Waals surface area contributed by atoms with E-state index in [4.69, 9.17) is 0 Å². The maximum absolute atomic E-state index is 12.5. The summed E-state index contributed by atoms with van der Waals surface area (Å²) < 4.78 is 0. The molecule has 1 fully saturated rings. The molecule has 0 atom stereocenters. The van der Waals surface area contributed by atoms with Crippen molar-refractivity contribution in [1.82, 2.24) is 15.2 Å². The number of nitrogens with zero attached hydrogens (tertiary/aromatic N) is 2. The first-order valence-electron chi connectivity index (χ1n) is 7.85. The second-order valence-electron chi connectivity index (χ2n) is 7.09. The fourth-order valence-corrected chi connectivity index (χ4v) is 2.46. The Labute approximate surface area is 132 Å². The Morgan fingerprint density at radius 3 is 2.36 bits per heavy atom. The predicted octanol–water partition coefficient (Wildman–Crippen LogP) is 2.48. The van der Waals surface area contributed by atoms with E-state index >= 15 is 0 Å². The molecule has 1 saturated heterocycles. The van der Waals surface area contributed by atoms with Gasteiger partial charge >= 0.3 is 0 Å². The van der Waals surface area contributed by atoms with Gasteiger partial charge in [-0.15, -0.1) is 0 Å². The standard InChI is InChI=1S/C17H25N3O2/c1-12-8-10-20(11-9-12)16(22)14-7-5-6-13(18-14)15(21)19-17(2,3)4/h5-7,12H,8-11H2,1-4H3,(H,19,21). The van der Waals surface area contributed by atoms with Crippen LogP contribution in [0.15, 0.2) is 18.2 Å². The third-order valence-electron chi connectivity index (χ3n) is 3.76. The van der Waals surface area contributed by atoms with Crippen LogP contribution in [0.1, 0.15) is 61.5 Å². The van der Waals surface area contributed by atoms with E-state index in [1.165, 1.54) is 0 Å². The predicted molar refractivity (Wildman–Crippen MR) is 85.8 cm³/mol. The number of carbonyl (C=O) groups is 2. The minimum Gasteiger partial charge on any atom is -0.346 e. The average molecular weight is 303 g/mol. The molecule has 2 rings (SSSR count). The lowest BCUT2D eigenvalue weighted by Gasteiger charge is -2.30. The minimum absolute atomic E-state index is 0.0858. The maximum Gasteiger partial charge on any atom is 0.272 e. The first kappa shape index (κ1) is 16.5. The van der Waals surface area contributed by atoms with Gasteiger partial charge in [0.05, 0.1) is 0 Å². The monoisotopic (exact) mass is 303 g/mol. The van der Waals surface area contributed by atoms with Gasteiger partial charge in [0.25, 0.3) is 11.8 Å². The molecule has 22 heavy (non-hydrogen) atoms. The largest absolute Gasteiger partial charge is 0.346 e. The second kappa shape index (κ2) is 6.46. The SMILES string of the molecule is CC1CCN(C(=O)c2cccc(C(=O)NC(C)(C)C)n2)CC1. The summed E-state index contributed by atoms with van der Waals surface area (Å²) >= 11 is 0. The van der Waals surface area contributed by atoms with E-state index in [-0.39, 0.29) is 23.0 Å². The van der Waals surface area contributed by atoms with Crippen molar-refractivity contribution in [2.24, 2.45) is 5.92 Å². The number of aromatic nitrogens is 1. The van der Waals surface area contributed by atoms with Crippen molar-refractivity contribution in [3.05, 3.63) is 29.6 Å². The maximum atomic E-state index is 12.5. The summed E-state index contributed by atoms with van der Waals surface area (Å²) in [5.74, 6) is 0.327. The highest BCUT2D eigenvalue weighted by molar-refractivity contribution is 5.96. The zero-order chi connectivity index (χ0) is 16.3. The Morgan fingerprint density at radius 2 is 1.77 bits per heavy atom. The third kappa shape index (κ3) is 4.29. The van der Waals surface area contributed by atoms with E-state index in [1.54, 1.807) is 18.2 Å². The van der Waals surface area contributed by atoms with Gasteiger partial charge in [0.1, 0.15) is 11.4 Å². The molecule has 1 aromatic rings. The number of carbonyl (C=O) groups excluding carboxylic acids is 2. The molecule has 1 aliphatic rings. The molecule has 1 N–H and O–H groups in total. The molecule has 0 spiro atoms. The summed E-state index contributed by atoms with van der Waals surface area (Å²) in [5.41, 5.74) is 0.296. The normalized spacial score (nSPS) is 16.5. The summed E-state index contributed by atoms with van der Waals surface area (Å²) in [5, 5.41) is 2.86. The highest BCUT2D eigenvalue weighted by Gasteiger charge is 2.23. The zero-order valence-corrected chi connectivity index (χ0v) is 13.8. The van der Waals surface area contributed by atoms with E-state index in [1.807, 2.05) is 25.7 Å². The molecule has 0 radical (unpaired) electrons. The number of amides is 2. The first-order valence-corrected chi connectivity index (χ1v) is 7.85. The Morgan fingerprint density at radius 1 is 1.18 bits per heavy atom. The van der Waals surface area contributed by atoms with Gasteiger partial charge in [0, 0.05) is 18.6 Å². The molecule has 0 unspecified atom stereocenters. The molecule has 1 aromatic heterocycles. The highest BCUT2D eigenvalue weighted by Crippen LogP contribution is 2.17. The van der Waals surface area contributed by atoms with E-state index in [0.29, 0.717) is 11.6 Å². The fourth-order valence-electron chi connectivity index (χ4n) is 2.46. The second-order valence-corrected chi connectivity index (χ2v) is 7.09. The first-order chi connectivity index (χ1) is 10.3. The summed E-state index contributed by atoms with van der Waals surface area (Å²) in [6, 6.07) is 5.02. The smallest absolute Gasteiger partial charge is 0.272 e. The molecule has 120 valence electrons. The van der Waals surface area contributed by atoms with Gasteiger partial charge < -0.3 is 10.2 Å². The summed E-state index contributed by atoms with van der Waals surface area (Å²) in [7, 11) is 0. The van der Waals surface area contributed by atoms with Crippen LogP contribution in [0.4, 0.5) is 0 Å². The molecule has 0 aliphatic carbocycles. The van der Waals surface area contributed by atoms with Crippen molar-refractivity contribution in [2.75, 3.05) is 13.1 Å². The van der Waals surface area contributed by atoms with Gasteiger partial charge in [-0.3, -0.25) is 9.59 Å². The van der Waals surface area contributed by atoms with Gasteiger partial charge in [-0.1, -0.05) is 13.0 Å². The highest BCUT2D eigenvalue weighted by atomic mass is 16.2. The Kier molecular flexibility index (Phi) is 4.84. The van der Waals surface area contributed by atoms with Gasteiger partial charge in [-0.25, -0.2) is 4.98 Å². The Bertz CT molecular complexity index is 555. The average Bonchev–Trinajstić information content (AvgIpc) is 2.46. The lowest BCUT2D eigenvalue weighted by atomic mass is 9.99. The van der Waals surface area contributed by atoms with Crippen LogP contribution in [0.3, 0.4) is 0 Å². The van der Waals surface area contributed by atoms with Crippen LogP contribution in [0.5, 0.6) is 0 Å². The molecular weight excluding hydrogens is 278 g/mol. The van der Waals surface area contributed by atoms with Crippen LogP contribution < -0.4 is 5.32 Å². The fraction of sp³-hybridized carbons (Fsp3) is 0.588. The van der Waals surface area contributed by atoms with Crippen molar-refractivity contribution < 1.29 is 9.59 Å². The lowest BCUT2D eigenvalue weighted by molar-refractivity contribution is 0.0691. The topological polar surface area (TPSA) is 62.3 Å². The van der Waals surface area contributed by atoms with Crippen molar-refractivity contribution in [3.8, 4) is 0 Å². The van der Waals surface area contributed by atoms with Gasteiger partial charge in [0.2, 0.25) is 0 Å². The van der Waals surface area contributed by atoms with Crippen LogP contribution in [0.2, 0.25) is 0 Å². The van der Waals surface area contributed by atoms with Crippen molar-refractivity contribution in [3.63, 3.8) is 0 Å². The van der Waals surface area contributed by atoms with Gasteiger partial charge in [-0.05, 0) is 51.7 Å². The summed E-state index contributed by atoms with van der Waals surface area (Å²) in [6.45, 7) is 9.47. The van der Waals surface area contributed by atoms with E-state index < -0.39 is 0 Å². The molecule has 0 aromatic carbocycles. The summed E-state index contributed by atoms with van der Waals surface area (Å²) in [4.78, 5) is 30.7. The van der Waals surface area contributed by atoms with Crippen molar-refractivity contribution in [2.45, 2.75) is 46.1 Å². The van der Waals surface area contributed by atoms with Gasteiger partial charge in [0.15, 0.2) is 0 Å². The van der Waals surface area contributed by atoms with Gasteiger partial charge in [-0.2, -0.15) is 0 Å². The van der Waals surface area contributed by atoms with Crippen molar-refractivity contribution >= 4 is 11.8 Å². The quantitative estimate of drug-likeness (QED) is 0.913. The summed E-state index contributed by atoms with van der Waals surface area (Å²) in [6.07, 6.45) is 2.05. The lowest BCUT2D eigenvalue weighted by Crippen LogP contribution is -2.41.